The van der Waals surface area contributed by atoms with Crippen LogP contribution in [0, 0.1) is 5.82 Å². The first-order valence-corrected chi connectivity index (χ1v) is 6.91. The highest BCUT2D eigenvalue weighted by Gasteiger charge is 2.39. The van der Waals surface area contributed by atoms with Crippen molar-refractivity contribution in [3.8, 4) is 0 Å². The van der Waals surface area contributed by atoms with Crippen LogP contribution in [0.15, 0.2) is 18.2 Å². The minimum Gasteiger partial charge on any atom is -0.369 e. The van der Waals surface area contributed by atoms with E-state index in [1.54, 1.807) is 6.07 Å². The van der Waals surface area contributed by atoms with Gasteiger partial charge < -0.3 is 10.3 Å². The average Bonchev–Trinajstić information content (AvgIpc) is 3.02. The fraction of sp³-hybridized carbons (Fsp3) is 0.500. The highest BCUT2D eigenvalue weighted by molar-refractivity contribution is 5.78. The molecule has 2 aliphatic heterocycles. The highest BCUT2D eigenvalue weighted by atomic mass is 19.1. The Morgan fingerprint density at radius 3 is 3.00 bits per heavy atom. The molecule has 2 N–H and O–H groups in total. The van der Waals surface area contributed by atoms with E-state index in [1.165, 1.54) is 31.5 Å². The molecule has 2 saturated heterocycles. The fourth-order valence-electron chi connectivity index (χ4n) is 3.80. The maximum absolute atomic E-state index is 13.3. The van der Waals surface area contributed by atoms with Crippen molar-refractivity contribution >= 4 is 17.0 Å². The summed E-state index contributed by atoms with van der Waals surface area (Å²) in [6.45, 7) is 2.33. The molecule has 0 saturated carbocycles. The molecule has 4 rings (SSSR count). The summed E-state index contributed by atoms with van der Waals surface area (Å²) in [5.74, 6) is 0.255. The molecule has 4 nitrogen and oxygen atoms in total. The lowest BCUT2D eigenvalue weighted by molar-refractivity contribution is 0.293. The first kappa shape index (κ1) is 11.2. The van der Waals surface area contributed by atoms with Gasteiger partial charge in [-0.3, -0.25) is 4.90 Å². The summed E-state index contributed by atoms with van der Waals surface area (Å²) in [6, 6.07) is 5.71. The van der Waals surface area contributed by atoms with E-state index in [4.69, 9.17) is 5.73 Å². The summed E-state index contributed by atoms with van der Waals surface area (Å²) in [5.41, 5.74) is 7.69. The van der Waals surface area contributed by atoms with E-state index >= 15 is 0 Å². The van der Waals surface area contributed by atoms with Crippen LogP contribution in [0.5, 0.6) is 0 Å². The Hall–Kier alpha value is -1.62. The Balaban J connectivity index is 1.84. The van der Waals surface area contributed by atoms with E-state index in [0.717, 1.165) is 18.5 Å². The molecule has 2 fully saturated rings. The number of aromatic nitrogens is 2. The van der Waals surface area contributed by atoms with Crippen molar-refractivity contribution in [2.75, 3.05) is 18.8 Å². The SMILES string of the molecule is Nc1nc2cc(F)ccc2n1C1CCN2CCCC12. The third kappa shape index (κ3) is 1.57. The quantitative estimate of drug-likeness (QED) is 0.854. The number of rotatable bonds is 1. The van der Waals surface area contributed by atoms with Gasteiger partial charge >= 0.3 is 0 Å². The normalized spacial score (nSPS) is 27.2. The standard InChI is InChI=1S/C14H17FN4/c15-9-3-4-11-10(8-9)17-14(16)19(11)13-5-7-18-6-1-2-12(13)18/h3-4,8,12-13H,1-2,5-7H2,(H2,16,17). The zero-order valence-electron chi connectivity index (χ0n) is 10.7. The van der Waals surface area contributed by atoms with Crippen molar-refractivity contribution < 1.29 is 4.39 Å². The number of hydrogen-bond acceptors (Lipinski definition) is 3. The topological polar surface area (TPSA) is 47.1 Å². The lowest BCUT2D eigenvalue weighted by Gasteiger charge is -2.22. The molecule has 0 spiro atoms. The lowest BCUT2D eigenvalue weighted by Crippen LogP contribution is -2.28. The van der Waals surface area contributed by atoms with E-state index in [0.29, 0.717) is 23.5 Å². The van der Waals surface area contributed by atoms with E-state index in [2.05, 4.69) is 14.5 Å². The average molecular weight is 260 g/mol. The molecule has 5 heteroatoms. The lowest BCUT2D eigenvalue weighted by atomic mass is 10.1. The Labute approximate surface area is 111 Å². The second kappa shape index (κ2) is 3.93. The van der Waals surface area contributed by atoms with Crippen molar-refractivity contribution in [1.29, 1.82) is 0 Å². The molecule has 2 aliphatic rings. The predicted octanol–water partition coefficient (Wildman–Crippen LogP) is 2.17. The summed E-state index contributed by atoms with van der Waals surface area (Å²) in [5, 5.41) is 0. The van der Waals surface area contributed by atoms with Crippen LogP contribution in [0.25, 0.3) is 11.0 Å². The molecule has 19 heavy (non-hydrogen) atoms. The molecule has 3 heterocycles. The Morgan fingerprint density at radius 1 is 1.21 bits per heavy atom. The minimum absolute atomic E-state index is 0.258. The van der Waals surface area contributed by atoms with E-state index < -0.39 is 0 Å². The molecule has 1 aromatic carbocycles. The molecule has 2 atom stereocenters. The number of nitrogens with zero attached hydrogens (tertiary/aromatic N) is 3. The Bertz CT molecular complexity index is 636. The number of halogens is 1. The van der Waals surface area contributed by atoms with Crippen molar-refractivity contribution in [1.82, 2.24) is 14.5 Å². The van der Waals surface area contributed by atoms with E-state index in [9.17, 15) is 4.39 Å². The van der Waals surface area contributed by atoms with Crippen LogP contribution in [-0.4, -0.2) is 33.6 Å². The highest BCUT2D eigenvalue weighted by Crippen LogP contribution is 2.39. The molecule has 1 aromatic heterocycles. The first-order chi connectivity index (χ1) is 9.24. The largest absolute Gasteiger partial charge is 0.369 e. The summed E-state index contributed by atoms with van der Waals surface area (Å²) in [4.78, 5) is 6.86. The predicted molar refractivity (Wildman–Crippen MR) is 72.4 cm³/mol. The zero-order valence-corrected chi connectivity index (χ0v) is 10.7. The molecule has 0 bridgehead atoms. The fourth-order valence-corrected chi connectivity index (χ4v) is 3.80. The summed E-state index contributed by atoms with van der Waals surface area (Å²) < 4.78 is 15.4. The monoisotopic (exact) mass is 260 g/mol. The van der Waals surface area contributed by atoms with Gasteiger partial charge in [0, 0.05) is 18.7 Å². The van der Waals surface area contributed by atoms with Crippen molar-refractivity contribution in [3.63, 3.8) is 0 Å². The van der Waals surface area contributed by atoms with Crippen LogP contribution in [-0.2, 0) is 0 Å². The Morgan fingerprint density at radius 2 is 2.11 bits per heavy atom. The van der Waals surface area contributed by atoms with Crippen LogP contribution in [0.4, 0.5) is 10.3 Å². The van der Waals surface area contributed by atoms with E-state index in [-0.39, 0.29) is 5.82 Å². The number of imidazole rings is 1. The summed E-state index contributed by atoms with van der Waals surface area (Å²) >= 11 is 0. The number of fused-ring (bicyclic) bond motifs is 2. The second-order valence-corrected chi connectivity index (χ2v) is 5.57. The van der Waals surface area contributed by atoms with Gasteiger partial charge in [0.1, 0.15) is 5.82 Å². The number of hydrogen-bond donors (Lipinski definition) is 1. The number of benzene rings is 1. The smallest absolute Gasteiger partial charge is 0.201 e. The van der Waals surface area contributed by atoms with Gasteiger partial charge in [0.15, 0.2) is 0 Å². The minimum atomic E-state index is -0.258. The van der Waals surface area contributed by atoms with Gasteiger partial charge in [-0.05, 0) is 37.9 Å². The van der Waals surface area contributed by atoms with Gasteiger partial charge in [-0.15, -0.1) is 0 Å². The van der Waals surface area contributed by atoms with Gasteiger partial charge in [-0.2, -0.15) is 0 Å². The number of nitrogens with two attached hydrogens (primary N) is 1. The van der Waals surface area contributed by atoms with Gasteiger partial charge in [0.25, 0.3) is 0 Å². The molecular weight excluding hydrogens is 243 g/mol. The maximum Gasteiger partial charge on any atom is 0.201 e. The summed E-state index contributed by atoms with van der Waals surface area (Å²) in [6.07, 6.45) is 3.60. The molecule has 100 valence electrons. The first-order valence-electron chi connectivity index (χ1n) is 6.91. The number of nitrogen functional groups attached to an aromatic ring is 1. The molecule has 2 unspecified atom stereocenters. The second-order valence-electron chi connectivity index (χ2n) is 5.57. The van der Waals surface area contributed by atoms with Crippen LogP contribution in [0.1, 0.15) is 25.3 Å². The zero-order chi connectivity index (χ0) is 13.0. The number of anilines is 1. The molecule has 0 radical (unpaired) electrons. The van der Waals surface area contributed by atoms with E-state index in [1.807, 2.05) is 0 Å². The molecular formula is C14H17FN4. The van der Waals surface area contributed by atoms with Crippen molar-refractivity contribution in [2.45, 2.75) is 31.3 Å². The van der Waals surface area contributed by atoms with Crippen LogP contribution < -0.4 is 5.73 Å². The van der Waals surface area contributed by atoms with Gasteiger partial charge in [0.05, 0.1) is 17.1 Å². The van der Waals surface area contributed by atoms with Gasteiger partial charge in [0.2, 0.25) is 5.95 Å². The van der Waals surface area contributed by atoms with Crippen LogP contribution in [0.2, 0.25) is 0 Å². The van der Waals surface area contributed by atoms with Crippen molar-refractivity contribution in [2.24, 2.45) is 0 Å². The Kier molecular flexibility index (Phi) is 2.33. The maximum atomic E-state index is 13.3. The molecule has 0 amide bonds. The third-order valence-electron chi connectivity index (χ3n) is 4.58. The third-order valence-corrected chi connectivity index (χ3v) is 4.58. The van der Waals surface area contributed by atoms with Gasteiger partial charge in [-0.1, -0.05) is 0 Å². The molecule has 2 aromatic rings. The van der Waals surface area contributed by atoms with Crippen LogP contribution >= 0.6 is 0 Å². The molecule has 0 aliphatic carbocycles. The van der Waals surface area contributed by atoms with Crippen LogP contribution in [0.3, 0.4) is 0 Å². The van der Waals surface area contributed by atoms with Gasteiger partial charge in [-0.25, -0.2) is 9.37 Å². The summed E-state index contributed by atoms with van der Waals surface area (Å²) in [7, 11) is 0. The van der Waals surface area contributed by atoms with Crippen molar-refractivity contribution in [3.05, 3.63) is 24.0 Å².